The highest BCUT2D eigenvalue weighted by Gasteiger charge is 2.20. The van der Waals surface area contributed by atoms with Gasteiger partial charge in [-0.3, -0.25) is 14.4 Å². The Morgan fingerprint density at radius 1 is 1.15 bits per heavy atom. The van der Waals surface area contributed by atoms with Crippen molar-refractivity contribution in [1.82, 2.24) is 5.32 Å². The van der Waals surface area contributed by atoms with Crippen LogP contribution in [-0.4, -0.2) is 30.4 Å². The maximum absolute atomic E-state index is 12.1. The second kappa shape index (κ2) is 8.93. The van der Waals surface area contributed by atoms with Crippen LogP contribution in [0.1, 0.15) is 17.5 Å². The van der Waals surface area contributed by atoms with Crippen molar-refractivity contribution in [2.75, 3.05) is 11.9 Å². The van der Waals surface area contributed by atoms with Crippen LogP contribution in [0.15, 0.2) is 34.9 Å². The van der Waals surface area contributed by atoms with Crippen LogP contribution in [0.2, 0.25) is 15.1 Å². The van der Waals surface area contributed by atoms with Crippen molar-refractivity contribution >= 4 is 58.3 Å². The zero-order chi connectivity index (χ0) is 19.3. The third kappa shape index (κ3) is 5.39. The summed E-state index contributed by atoms with van der Waals surface area (Å²) in [6.07, 6.45) is 0.196. The first-order valence-corrected chi connectivity index (χ1v) is 8.38. The number of amides is 2. The van der Waals surface area contributed by atoms with E-state index in [2.05, 4.69) is 10.6 Å². The molecular formula is C16H13Cl3N2O5. The summed E-state index contributed by atoms with van der Waals surface area (Å²) in [6, 6.07) is 5.73. The molecule has 0 aliphatic rings. The summed E-state index contributed by atoms with van der Waals surface area (Å²) in [5.41, 5.74) is 0.222. The summed E-state index contributed by atoms with van der Waals surface area (Å²) in [5.74, 6) is -1.95. The van der Waals surface area contributed by atoms with E-state index < -0.39 is 30.4 Å². The largest absolute Gasteiger partial charge is 0.459 e. The first-order valence-electron chi connectivity index (χ1n) is 7.24. The molecule has 2 amide bonds. The number of carbonyl (C=O) groups is 3. The third-order valence-electron chi connectivity index (χ3n) is 3.08. The molecule has 2 rings (SSSR count). The number of anilines is 1. The van der Waals surface area contributed by atoms with Crippen LogP contribution < -0.4 is 10.6 Å². The van der Waals surface area contributed by atoms with E-state index in [0.717, 1.165) is 0 Å². The van der Waals surface area contributed by atoms with Crippen LogP contribution in [0.25, 0.3) is 0 Å². The summed E-state index contributed by atoms with van der Waals surface area (Å²) in [4.78, 5) is 35.5. The molecule has 0 aliphatic heterocycles. The van der Waals surface area contributed by atoms with Crippen molar-refractivity contribution in [3.63, 3.8) is 0 Å². The summed E-state index contributed by atoms with van der Waals surface area (Å²) in [5, 5.41) is 5.41. The molecule has 0 saturated heterocycles. The van der Waals surface area contributed by atoms with Gasteiger partial charge in [-0.15, -0.1) is 0 Å². The minimum Gasteiger partial charge on any atom is -0.459 e. The molecular weight excluding hydrogens is 407 g/mol. The van der Waals surface area contributed by atoms with Crippen LogP contribution in [0.4, 0.5) is 5.69 Å². The highest BCUT2D eigenvalue weighted by molar-refractivity contribution is 6.44. The molecule has 1 aromatic carbocycles. The second-order valence-corrected chi connectivity index (χ2v) is 6.25. The minimum absolute atomic E-state index is 0.0536. The van der Waals surface area contributed by atoms with Gasteiger partial charge in [0.05, 0.1) is 27.0 Å². The van der Waals surface area contributed by atoms with Gasteiger partial charge in [-0.2, -0.15) is 0 Å². The monoisotopic (exact) mass is 418 g/mol. The normalized spacial score (nSPS) is 11.5. The molecule has 0 aliphatic carbocycles. The average Bonchev–Trinajstić information content (AvgIpc) is 3.12. The fourth-order valence-electron chi connectivity index (χ4n) is 1.79. The Hall–Kier alpha value is -2.22. The molecule has 0 spiro atoms. The van der Waals surface area contributed by atoms with Gasteiger partial charge in [0.25, 0.3) is 11.8 Å². The molecule has 0 bridgehead atoms. The summed E-state index contributed by atoms with van der Waals surface area (Å²) in [7, 11) is 0. The van der Waals surface area contributed by atoms with Gasteiger partial charge in [-0.1, -0.05) is 34.8 Å². The van der Waals surface area contributed by atoms with Crippen molar-refractivity contribution in [2.24, 2.45) is 0 Å². The topological polar surface area (TPSA) is 97.6 Å². The Morgan fingerprint density at radius 3 is 2.50 bits per heavy atom. The predicted molar refractivity (Wildman–Crippen MR) is 96.7 cm³/mol. The van der Waals surface area contributed by atoms with Gasteiger partial charge < -0.3 is 19.8 Å². The molecule has 0 radical (unpaired) electrons. The molecule has 1 heterocycles. The molecule has 2 N–H and O–H groups in total. The second-order valence-electron chi connectivity index (χ2n) is 5.03. The number of carbonyl (C=O) groups excluding carboxylic acids is 3. The van der Waals surface area contributed by atoms with Gasteiger partial charge in [0, 0.05) is 0 Å². The molecule has 0 saturated carbocycles. The molecule has 2 aromatic rings. The average molecular weight is 420 g/mol. The smallest absolute Gasteiger partial charge is 0.326 e. The van der Waals surface area contributed by atoms with Gasteiger partial charge >= 0.3 is 5.97 Å². The van der Waals surface area contributed by atoms with Crippen LogP contribution in [0.3, 0.4) is 0 Å². The van der Waals surface area contributed by atoms with E-state index in [0.29, 0.717) is 0 Å². The van der Waals surface area contributed by atoms with Crippen molar-refractivity contribution in [1.29, 1.82) is 0 Å². The number of hydrogen-bond acceptors (Lipinski definition) is 5. The van der Waals surface area contributed by atoms with Gasteiger partial charge in [-0.05, 0) is 31.2 Å². The number of hydrogen-bond donors (Lipinski definition) is 2. The van der Waals surface area contributed by atoms with Gasteiger partial charge in [0.2, 0.25) is 0 Å². The lowest BCUT2D eigenvalue weighted by Crippen LogP contribution is -2.35. The van der Waals surface area contributed by atoms with E-state index in [9.17, 15) is 14.4 Å². The Kier molecular flexibility index (Phi) is 6.90. The number of rotatable bonds is 6. The molecule has 1 atom stereocenters. The van der Waals surface area contributed by atoms with Gasteiger partial charge in [0.15, 0.2) is 11.9 Å². The highest BCUT2D eigenvalue weighted by Crippen LogP contribution is 2.32. The fraction of sp³-hybridized carbons (Fsp3) is 0.188. The van der Waals surface area contributed by atoms with E-state index in [1.807, 2.05) is 0 Å². The zero-order valence-electron chi connectivity index (χ0n) is 13.3. The number of halogens is 3. The first-order chi connectivity index (χ1) is 12.3. The van der Waals surface area contributed by atoms with Gasteiger partial charge in [0.1, 0.15) is 6.54 Å². The fourth-order valence-corrected chi connectivity index (χ4v) is 2.39. The van der Waals surface area contributed by atoms with Crippen molar-refractivity contribution < 1.29 is 23.5 Å². The van der Waals surface area contributed by atoms with Crippen molar-refractivity contribution in [3.05, 3.63) is 51.4 Å². The van der Waals surface area contributed by atoms with Crippen LogP contribution in [0.5, 0.6) is 0 Å². The van der Waals surface area contributed by atoms with Crippen LogP contribution in [0, 0.1) is 0 Å². The lowest BCUT2D eigenvalue weighted by molar-refractivity contribution is -0.152. The summed E-state index contributed by atoms with van der Waals surface area (Å²) < 4.78 is 9.83. The molecule has 26 heavy (non-hydrogen) atoms. The molecule has 1 aromatic heterocycles. The minimum atomic E-state index is -1.13. The Balaban J connectivity index is 1.85. The summed E-state index contributed by atoms with van der Waals surface area (Å²) >= 11 is 17.7. The Labute approximate surface area is 163 Å². The van der Waals surface area contributed by atoms with Crippen molar-refractivity contribution in [2.45, 2.75) is 13.0 Å². The quantitative estimate of drug-likeness (QED) is 0.551. The van der Waals surface area contributed by atoms with E-state index in [4.69, 9.17) is 44.0 Å². The number of ether oxygens (including phenoxy) is 1. The maximum atomic E-state index is 12.1. The first kappa shape index (κ1) is 20.1. The lowest BCUT2D eigenvalue weighted by atomic mass is 10.3. The maximum Gasteiger partial charge on any atom is 0.326 e. The number of furan rings is 1. The number of benzene rings is 1. The Bertz CT molecular complexity index is 824. The van der Waals surface area contributed by atoms with E-state index in [1.165, 1.54) is 37.5 Å². The molecule has 10 heteroatoms. The molecule has 138 valence electrons. The van der Waals surface area contributed by atoms with Gasteiger partial charge in [-0.25, -0.2) is 0 Å². The standard InChI is InChI=1S/C16H13Cl3N2O5/c1-8(15(23)21-12-6-10(18)9(17)5-11(12)19)26-14(22)7-20-16(24)13-3-2-4-25-13/h2-6,8H,7H2,1H3,(H,20,24)(H,21,23)/t8-/m0/s1. The van der Waals surface area contributed by atoms with E-state index in [-0.39, 0.29) is 26.5 Å². The predicted octanol–water partition coefficient (Wildman–Crippen LogP) is 3.54. The molecule has 0 unspecified atom stereocenters. The van der Waals surface area contributed by atoms with E-state index >= 15 is 0 Å². The van der Waals surface area contributed by atoms with E-state index in [1.54, 1.807) is 0 Å². The highest BCUT2D eigenvalue weighted by atomic mass is 35.5. The zero-order valence-corrected chi connectivity index (χ0v) is 15.6. The van der Waals surface area contributed by atoms with Crippen molar-refractivity contribution in [3.8, 4) is 0 Å². The SMILES string of the molecule is C[C@H](OC(=O)CNC(=O)c1ccco1)C(=O)Nc1cc(Cl)c(Cl)cc1Cl. The summed E-state index contributed by atoms with van der Waals surface area (Å²) in [6.45, 7) is 0.942. The Morgan fingerprint density at radius 2 is 1.85 bits per heavy atom. The lowest BCUT2D eigenvalue weighted by Gasteiger charge is -2.15. The molecule has 0 fully saturated rings. The van der Waals surface area contributed by atoms with Crippen LogP contribution >= 0.6 is 34.8 Å². The molecule has 7 nitrogen and oxygen atoms in total. The number of nitrogens with one attached hydrogen (secondary N) is 2. The van der Waals surface area contributed by atoms with Crippen LogP contribution in [-0.2, 0) is 14.3 Å². The third-order valence-corrected chi connectivity index (χ3v) is 4.12. The number of esters is 1.